The average molecular weight is 596 g/mol. The topological polar surface area (TPSA) is 33.0 Å². The molecule has 2 aliphatic rings. The summed E-state index contributed by atoms with van der Waals surface area (Å²) in [5, 5.41) is 10.4. The Kier molecular flexibility index (Phi) is 6.48. The maximum Gasteiger partial charge on any atom is 0.253 e. The molecule has 0 aliphatic carbocycles. The van der Waals surface area contributed by atoms with Gasteiger partial charge in [0.05, 0.1) is 5.56 Å². The molecular formula is C41H30BNOS. The molecule has 0 unspecified atom stereocenters. The lowest BCUT2D eigenvalue weighted by molar-refractivity contribution is 0.485. The molecule has 0 amide bonds. The van der Waals surface area contributed by atoms with Crippen LogP contribution in [0.15, 0.2) is 137 Å². The largest absolute Gasteiger partial charge is 0.457 e. The van der Waals surface area contributed by atoms with Crippen LogP contribution in [0, 0.1) is 11.3 Å². The Morgan fingerprint density at radius 3 is 1.87 bits per heavy atom. The van der Waals surface area contributed by atoms with Crippen molar-refractivity contribution in [1.82, 2.24) is 0 Å². The molecule has 0 aromatic heterocycles. The van der Waals surface area contributed by atoms with Gasteiger partial charge in [-0.2, -0.15) is 5.26 Å². The van der Waals surface area contributed by atoms with E-state index in [9.17, 15) is 5.26 Å². The quantitative estimate of drug-likeness (QED) is 0.191. The minimum Gasteiger partial charge on any atom is -0.457 e. The first kappa shape index (κ1) is 27.6. The van der Waals surface area contributed by atoms with Crippen LogP contribution in [0.4, 0.5) is 0 Å². The highest BCUT2D eigenvalue weighted by atomic mass is 32.2. The molecule has 0 fully saturated rings. The van der Waals surface area contributed by atoms with Gasteiger partial charge in [-0.25, -0.2) is 0 Å². The van der Waals surface area contributed by atoms with E-state index in [-0.39, 0.29) is 12.1 Å². The Bertz CT molecular complexity index is 2140. The molecule has 2 nitrogen and oxygen atoms in total. The summed E-state index contributed by atoms with van der Waals surface area (Å²) >= 11 is 1.81. The Morgan fingerprint density at radius 1 is 0.600 bits per heavy atom. The lowest BCUT2D eigenvalue weighted by Gasteiger charge is -2.34. The van der Waals surface area contributed by atoms with Gasteiger partial charge in [0.15, 0.2) is 0 Å². The molecule has 8 rings (SSSR count). The summed E-state index contributed by atoms with van der Waals surface area (Å²) in [4.78, 5) is 2.43. The zero-order chi connectivity index (χ0) is 30.7. The van der Waals surface area contributed by atoms with Gasteiger partial charge in [0.2, 0.25) is 0 Å². The summed E-state index contributed by atoms with van der Waals surface area (Å²) in [7, 11) is 0. The van der Waals surface area contributed by atoms with Crippen LogP contribution in [0.25, 0.3) is 33.4 Å². The van der Waals surface area contributed by atoms with Gasteiger partial charge in [-0.3, -0.25) is 0 Å². The van der Waals surface area contributed by atoms with E-state index in [1.54, 1.807) is 0 Å². The van der Waals surface area contributed by atoms with E-state index >= 15 is 0 Å². The number of nitriles is 1. The van der Waals surface area contributed by atoms with E-state index in [1.165, 1.54) is 37.4 Å². The molecule has 0 spiro atoms. The van der Waals surface area contributed by atoms with Crippen LogP contribution in [0.1, 0.15) is 31.9 Å². The number of fused-ring (bicyclic) bond motifs is 4. The number of ether oxygens (including phenoxy) is 1. The molecule has 6 aromatic rings. The van der Waals surface area contributed by atoms with Gasteiger partial charge < -0.3 is 4.74 Å². The van der Waals surface area contributed by atoms with Crippen molar-refractivity contribution in [1.29, 1.82) is 5.26 Å². The third-order valence-corrected chi connectivity index (χ3v) is 10.1. The highest BCUT2D eigenvalue weighted by molar-refractivity contribution is 8.00. The summed E-state index contributed by atoms with van der Waals surface area (Å²) in [5.74, 6) is 1.48. The monoisotopic (exact) mass is 595 g/mol. The second-order valence-corrected chi connectivity index (χ2v) is 14.0. The molecule has 0 bridgehead atoms. The Morgan fingerprint density at radius 2 is 1.20 bits per heavy atom. The van der Waals surface area contributed by atoms with Gasteiger partial charge in [-0.15, -0.1) is 0 Å². The lowest BCUT2D eigenvalue weighted by atomic mass is 9.35. The number of hydrogen-bond donors (Lipinski definition) is 0. The molecular weight excluding hydrogens is 565 g/mol. The fraction of sp³-hybridized carbons (Fsp3) is 0.0976. The van der Waals surface area contributed by atoms with Crippen molar-refractivity contribution in [3.8, 4) is 50.9 Å². The SMILES string of the molecule is CC(C)(C)c1ccc(-c2cc3c4c(c2)Sc2ccc(-c5ccccc5)cc2B4c2cc(-c4ccccc4)cc(C#N)c2O3)cc1. The van der Waals surface area contributed by atoms with Crippen LogP contribution < -0.4 is 21.1 Å². The summed E-state index contributed by atoms with van der Waals surface area (Å²) in [6.07, 6.45) is 0. The van der Waals surface area contributed by atoms with Gasteiger partial charge in [-0.1, -0.05) is 141 Å². The Labute approximate surface area is 269 Å². The Hall–Kier alpha value is -4.98. The molecule has 4 heteroatoms. The summed E-state index contributed by atoms with van der Waals surface area (Å²) in [5.41, 5.74) is 12.2. The second-order valence-electron chi connectivity index (χ2n) is 12.9. The van der Waals surface area contributed by atoms with Crippen LogP contribution in [0.3, 0.4) is 0 Å². The Balaban J connectivity index is 1.35. The van der Waals surface area contributed by atoms with Crippen molar-refractivity contribution in [2.45, 2.75) is 36.0 Å². The summed E-state index contributed by atoms with van der Waals surface area (Å²) in [6, 6.07) is 47.7. The van der Waals surface area contributed by atoms with Gasteiger partial charge >= 0.3 is 0 Å². The van der Waals surface area contributed by atoms with E-state index < -0.39 is 0 Å². The number of benzene rings is 6. The number of hydrogen-bond acceptors (Lipinski definition) is 3. The smallest absolute Gasteiger partial charge is 0.253 e. The van der Waals surface area contributed by atoms with E-state index in [2.05, 4.69) is 130 Å². The van der Waals surface area contributed by atoms with Crippen molar-refractivity contribution in [2.24, 2.45) is 0 Å². The minimum atomic E-state index is -0.0632. The van der Waals surface area contributed by atoms with E-state index in [1.807, 2.05) is 36.0 Å². The van der Waals surface area contributed by atoms with Crippen molar-refractivity contribution >= 4 is 34.9 Å². The van der Waals surface area contributed by atoms with Gasteiger partial charge in [0.25, 0.3) is 6.71 Å². The summed E-state index contributed by atoms with van der Waals surface area (Å²) in [6.45, 7) is 6.66. The molecule has 0 saturated heterocycles. The molecule has 0 radical (unpaired) electrons. The highest BCUT2D eigenvalue weighted by Crippen LogP contribution is 2.42. The maximum absolute atomic E-state index is 10.4. The first-order valence-electron chi connectivity index (χ1n) is 15.3. The molecule has 45 heavy (non-hydrogen) atoms. The molecule has 0 atom stereocenters. The molecule has 0 N–H and O–H groups in total. The normalized spacial score (nSPS) is 12.8. The lowest BCUT2D eigenvalue weighted by Crippen LogP contribution is -2.58. The van der Waals surface area contributed by atoms with Crippen molar-refractivity contribution in [3.05, 3.63) is 139 Å². The maximum atomic E-state index is 10.4. The van der Waals surface area contributed by atoms with E-state index in [0.717, 1.165) is 33.5 Å². The number of rotatable bonds is 3. The molecule has 2 aliphatic heterocycles. The first-order chi connectivity index (χ1) is 21.9. The average Bonchev–Trinajstić information content (AvgIpc) is 3.07. The standard InChI is InChI=1S/C41H30BNOS/c1-41(2,3)33-17-14-28(15-18-33)31-23-36-39-38(24-31)45-37-19-16-29(26-10-6-4-7-11-26)21-34(37)42(39)35-22-30(27-12-8-5-9-13-27)20-32(25-43)40(35)44-36/h4-24H,1-3H3. The summed E-state index contributed by atoms with van der Waals surface area (Å²) < 4.78 is 6.77. The molecule has 2 heterocycles. The zero-order valence-corrected chi connectivity index (χ0v) is 26.3. The van der Waals surface area contributed by atoms with Crippen LogP contribution in [-0.2, 0) is 5.41 Å². The second kappa shape index (κ2) is 10.6. The van der Waals surface area contributed by atoms with Gasteiger partial charge in [-0.05, 0) is 79.6 Å². The van der Waals surface area contributed by atoms with Crippen molar-refractivity contribution in [3.63, 3.8) is 0 Å². The van der Waals surface area contributed by atoms with Crippen LogP contribution >= 0.6 is 11.8 Å². The highest BCUT2D eigenvalue weighted by Gasteiger charge is 2.41. The first-order valence-corrected chi connectivity index (χ1v) is 16.2. The van der Waals surface area contributed by atoms with Crippen LogP contribution in [0.2, 0.25) is 0 Å². The molecule has 0 saturated carbocycles. The molecule has 214 valence electrons. The van der Waals surface area contributed by atoms with Gasteiger partial charge in [0.1, 0.15) is 17.6 Å². The number of nitrogens with zero attached hydrogens (tertiary/aromatic N) is 1. The van der Waals surface area contributed by atoms with Crippen molar-refractivity contribution < 1.29 is 4.74 Å². The third-order valence-electron chi connectivity index (χ3n) is 8.99. The predicted molar refractivity (Wildman–Crippen MR) is 188 cm³/mol. The zero-order valence-electron chi connectivity index (χ0n) is 25.5. The fourth-order valence-corrected chi connectivity index (χ4v) is 7.81. The minimum absolute atomic E-state index is 0.0632. The predicted octanol–water partition coefficient (Wildman–Crippen LogP) is 8.94. The van der Waals surface area contributed by atoms with E-state index in [0.29, 0.717) is 11.3 Å². The van der Waals surface area contributed by atoms with E-state index in [4.69, 9.17) is 4.74 Å². The van der Waals surface area contributed by atoms with Crippen LogP contribution in [-0.4, -0.2) is 6.71 Å². The van der Waals surface area contributed by atoms with Gasteiger partial charge in [0, 0.05) is 9.79 Å². The molecule has 6 aromatic carbocycles. The van der Waals surface area contributed by atoms with Crippen molar-refractivity contribution in [2.75, 3.05) is 0 Å². The fourth-order valence-electron chi connectivity index (χ4n) is 6.63. The third kappa shape index (κ3) is 4.76. The van der Waals surface area contributed by atoms with Crippen LogP contribution in [0.5, 0.6) is 11.5 Å².